The van der Waals surface area contributed by atoms with Crippen LogP contribution >= 0.6 is 0 Å². The summed E-state index contributed by atoms with van der Waals surface area (Å²) in [5.74, 6) is 0. The molecule has 2 nitrogen and oxygen atoms in total. The second-order valence-electron chi connectivity index (χ2n) is 4.38. The Balaban J connectivity index is 3.94. The summed E-state index contributed by atoms with van der Waals surface area (Å²) in [4.78, 5) is 0. The predicted molar refractivity (Wildman–Crippen MR) is 60.3 cm³/mol. The van der Waals surface area contributed by atoms with E-state index in [1.54, 1.807) is 0 Å². The zero-order valence-corrected chi connectivity index (χ0v) is 9.76. The monoisotopic (exact) mass is 202 g/mol. The number of rotatable bonds is 9. The molecule has 2 heteroatoms. The van der Waals surface area contributed by atoms with Gasteiger partial charge in [0.25, 0.3) is 0 Å². The van der Waals surface area contributed by atoms with E-state index in [1.165, 1.54) is 12.8 Å². The molecule has 0 unspecified atom stereocenters. The highest BCUT2D eigenvalue weighted by molar-refractivity contribution is 4.77. The topological polar surface area (TPSA) is 40.5 Å². The minimum atomic E-state index is -0.203. The van der Waals surface area contributed by atoms with Crippen molar-refractivity contribution in [1.29, 1.82) is 0 Å². The second kappa shape index (κ2) is 8.25. The molecular weight excluding hydrogens is 176 g/mol. The highest BCUT2D eigenvalue weighted by atomic mass is 16.3. The van der Waals surface area contributed by atoms with Gasteiger partial charge < -0.3 is 10.2 Å². The van der Waals surface area contributed by atoms with Crippen molar-refractivity contribution in [1.82, 2.24) is 0 Å². The zero-order chi connectivity index (χ0) is 10.9. The summed E-state index contributed by atoms with van der Waals surface area (Å²) in [5.41, 5.74) is -0.203. The molecule has 0 aromatic heterocycles. The molecule has 0 spiro atoms. The number of unbranched alkanes of at least 4 members (excludes halogenated alkanes) is 3. The zero-order valence-electron chi connectivity index (χ0n) is 9.76. The van der Waals surface area contributed by atoms with Crippen LogP contribution in [0.15, 0.2) is 0 Å². The Morgan fingerprint density at radius 3 is 1.71 bits per heavy atom. The van der Waals surface area contributed by atoms with Crippen molar-refractivity contribution in [3.63, 3.8) is 0 Å². The van der Waals surface area contributed by atoms with Crippen molar-refractivity contribution < 1.29 is 10.2 Å². The summed E-state index contributed by atoms with van der Waals surface area (Å²) < 4.78 is 0. The van der Waals surface area contributed by atoms with Gasteiger partial charge in [0.2, 0.25) is 0 Å². The van der Waals surface area contributed by atoms with E-state index in [0.717, 1.165) is 32.1 Å². The lowest BCUT2D eigenvalue weighted by Crippen LogP contribution is -2.29. The van der Waals surface area contributed by atoms with E-state index < -0.39 is 0 Å². The van der Waals surface area contributed by atoms with Crippen molar-refractivity contribution in [2.45, 2.75) is 58.8 Å². The molecule has 0 heterocycles. The van der Waals surface area contributed by atoms with Gasteiger partial charge >= 0.3 is 0 Å². The summed E-state index contributed by atoms with van der Waals surface area (Å²) in [6.07, 6.45) is 7.69. The van der Waals surface area contributed by atoms with Gasteiger partial charge in [-0.3, -0.25) is 0 Å². The Morgan fingerprint density at radius 2 is 1.29 bits per heavy atom. The van der Waals surface area contributed by atoms with E-state index in [-0.39, 0.29) is 18.6 Å². The first-order valence-corrected chi connectivity index (χ1v) is 5.96. The molecule has 0 atom stereocenters. The largest absolute Gasteiger partial charge is 0.396 e. The fourth-order valence-electron chi connectivity index (χ4n) is 1.79. The van der Waals surface area contributed by atoms with Crippen LogP contribution in [0, 0.1) is 5.41 Å². The first kappa shape index (κ1) is 13.9. The van der Waals surface area contributed by atoms with E-state index in [2.05, 4.69) is 13.8 Å². The highest BCUT2D eigenvalue weighted by Gasteiger charge is 2.27. The summed E-state index contributed by atoms with van der Waals surface area (Å²) in [7, 11) is 0. The maximum absolute atomic E-state index is 9.34. The maximum Gasteiger partial charge on any atom is 0.0509 e. The summed E-state index contributed by atoms with van der Waals surface area (Å²) in [6.45, 7) is 4.58. The lowest BCUT2D eigenvalue weighted by molar-refractivity contribution is 0.0358. The average Bonchev–Trinajstić information content (AvgIpc) is 2.24. The molecule has 2 N–H and O–H groups in total. The van der Waals surface area contributed by atoms with Crippen molar-refractivity contribution in [3.05, 3.63) is 0 Å². The van der Waals surface area contributed by atoms with Gasteiger partial charge in [-0.15, -0.1) is 0 Å². The van der Waals surface area contributed by atoms with Gasteiger partial charge in [0.05, 0.1) is 13.2 Å². The summed E-state index contributed by atoms with van der Waals surface area (Å²) in [5, 5.41) is 18.7. The lowest BCUT2D eigenvalue weighted by atomic mass is 9.79. The first-order valence-electron chi connectivity index (χ1n) is 5.96. The van der Waals surface area contributed by atoms with Crippen molar-refractivity contribution in [2.24, 2.45) is 5.41 Å². The molecule has 86 valence electrons. The molecule has 0 radical (unpaired) electrons. The van der Waals surface area contributed by atoms with Gasteiger partial charge in [-0.2, -0.15) is 0 Å². The van der Waals surface area contributed by atoms with Crippen LogP contribution in [0.2, 0.25) is 0 Å². The van der Waals surface area contributed by atoms with Crippen LogP contribution in [0.3, 0.4) is 0 Å². The van der Waals surface area contributed by atoms with Crippen molar-refractivity contribution in [2.75, 3.05) is 13.2 Å². The molecule has 0 aliphatic heterocycles. The molecule has 0 aromatic rings. The minimum absolute atomic E-state index is 0.132. The molecule has 0 aliphatic carbocycles. The van der Waals surface area contributed by atoms with E-state index in [0.29, 0.717) is 0 Å². The fourth-order valence-corrected chi connectivity index (χ4v) is 1.79. The molecule has 0 rings (SSSR count). The predicted octanol–water partition coefficient (Wildman–Crippen LogP) is 2.73. The molecule has 0 aromatic carbocycles. The minimum Gasteiger partial charge on any atom is -0.396 e. The first-order chi connectivity index (χ1) is 6.74. The van der Waals surface area contributed by atoms with Crippen LogP contribution in [0.4, 0.5) is 0 Å². The fraction of sp³-hybridized carbons (Fsp3) is 1.00. The van der Waals surface area contributed by atoms with Gasteiger partial charge in [-0.25, -0.2) is 0 Å². The van der Waals surface area contributed by atoms with E-state index >= 15 is 0 Å². The average molecular weight is 202 g/mol. The molecule has 0 amide bonds. The van der Waals surface area contributed by atoms with Gasteiger partial charge in [0.15, 0.2) is 0 Å². The Labute approximate surface area is 88.3 Å². The molecule has 14 heavy (non-hydrogen) atoms. The number of hydrogen-bond acceptors (Lipinski definition) is 2. The molecule has 0 fully saturated rings. The third kappa shape index (κ3) is 4.97. The van der Waals surface area contributed by atoms with Crippen LogP contribution in [-0.2, 0) is 0 Å². The Hall–Kier alpha value is -0.0800. The Kier molecular flexibility index (Phi) is 8.20. The van der Waals surface area contributed by atoms with E-state index in [4.69, 9.17) is 0 Å². The molecule has 0 bridgehead atoms. The summed E-state index contributed by atoms with van der Waals surface area (Å²) in [6, 6.07) is 0. The quantitative estimate of drug-likeness (QED) is 0.564. The third-order valence-electron chi connectivity index (χ3n) is 3.04. The standard InChI is InChI=1S/C12H26O2/c1-3-5-7-9-12(10-13,11-14)8-6-4-2/h13-14H,3-11H2,1-2H3. The highest BCUT2D eigenvalue weighted by Crippen LogP contribution is 2.30. The molecule has 0 aliphatic rings. The van der Waals surface area contributed by atoms with Crippen LogP contribution < -0.4 is 0 Å². The van der Waals surface area contributed by atoms with Gasteiger partial charge in [-0.05, 0) is 12.8 Å². The van der Waals surface area contributed by atoms with Gasteiger partial charge in [-0.1, -0.05) is 46.0 Å². The number of aliphatic hydroxyl groups excluding tert-OH is 2. The smallest absolute Gasteiger partial charge is 0.0509 e. The Bertz CT molecular complexity index is 119. The van der Waals surface area contributed by atoms with E-state index in [1.807, 2.05) is 0 Å². The third-order valence-corrected chi connectivity index (χ3v) is 3.04. The summed E-state index contributed by atoms with van der Waals surface area (Å²) >= 11 is 0. The van der Waals surface area contributed by atoms with Crippen LogP contribution in [-0.4, -0.2) is 23.4 Å². The van der Waals surface area contributed by atoms with Crippen LogP contribution in [0.5, 0.6) is 0 Å². The number of aliphatic hydroxyl groups is 2. The maximum atomic E-state index is 9.34. The van der Waals surface area contributed by atoms with Crippen LogP contribution in [0.1, 0.15) is 58.8 Å². The number of hydrogen-bond donors (Lipinski definition) is 2. The normalized spacial score (nSPS) is 12.0. The molecular formula is C12H26O2. The Morgan fingerprint density at radius 1 is 0.786 bits per heavy atom. The second-order valence-corrected chi connectivity index (χ2v) is 4.38. The van der Waals surface area contributed by atoms with E-state index in [9.17, 15) is 10.2 Å². The van der Waals surface area contributed by atoms with Gasteiger partial charge in [0.1, 0.15) is 0 Å². The molecule has 0 saturated carbocycles. The SMILES string of the molecule is CCCCCC(CO)(CO)CCCC. The van der Waals surface area contributed by atoms with Gasteiger partial charge in [0, 0.05) is 5.41 Å². The van der Waals surface area contributed by atoms with Crippen molar-refractivity contribution in [3.8, 4) is 0 Å². The molecule has 0 saturated heterocycles. The van der Waals surface area contributed by atoms with Crippen LogP contribution in [0.25, 0.3) is 0 Å². The lowest BCUT2D eigenvalue weighted by Gasteiger charge is -2.29. The van der Waals surface area contributed by atoms with Crippen molar-refractivity contribution >= 4 is 0 Å².